The minimum absolute atomic E-state index is 0.651. The van der Waals surface area contributed by atoms with Gasteiger partial charge in [-0.25, -0.2) is 0 Å². The molecule has 1 heterocycles. The molecule has 0 bridgehead atoms. The molecule has 1 aliphatic heterocycles. The Labute approximate surface area is 164 Å². The summed E-state index contributed by atoms with van der Waals surface area (Å²) >= 11 is 0. The monoisotopic (exact) mass is 376 g/mol. The molecule has 0 saturated carbocycles. The number of unbranched alkanes of at least 4 members (excludes halogenated alkanes) is 1. The van der Waals surface area contributed by atoms with Crippen molar-refractivity contribution in [3.63, 3.8) is 0 Å². The Morgan fingerprint density at radius 2 is 2.04 bits per heavy atom. The average Bonchev–Trinajstić information content (AvgIpc) is 2.71. The quantitative estimate of drug-likeness (QED) is 0.394. The van der Waals surface area contributed by atoms with E-state index in [1.165, 1.54) is 38.8 Å². The molecule has 0 aliphatic carbocycles. The standard InChI is InChI=1S/C21H36N4O2/c1-17-9-5-7-13-25(17)14-8-6-12-23-21(22-2)24-16-18-10-11-19(26-3)15-20(18)27-4/h10-11,15,17H,5-9,12-14,16H2,1-4H3,(H2,22,23,24). The first-order chi connectivity index (χ1) is 13.2. The van der Waals surface area contributed by atoms with Gasteiger partial charge in [-0.2, -0.15) is 0 Å². The normalized spacial score (nSPS) is 18.2. The third-order valence-corrected chi connectivity index (χ3v) is 5.27. The van der Waals surface area contributed by atoms with Crippen molar-refractivity contribution in [3.05, 3.63) is 23.8 Å². The Bertz CT molecular complexity index is 592. The van der Waals surface area contributed by atoms with Gasteiger partial charge in [0.2, 0.25) is 0 Å². The van der Waals surface area contributed by atoms with Crippen LogP contribution in [0.4, 0.5) is 0 Å². The van der Waals surface area contributed by atoms with Crippen LogP contribution < -0.4 is 20.1 Å². The Balaban J connectivity index is 1.68. The summed E-state index contributed by atoms with van der Waals surface area (Å²) in [5.41, 5.74) is 1.07. The minimum Gasteiger partial charge on any atom is -0.497 e. The molecule has 0 aromatic heterocycles. The van der Waals surface area contributed by atoms with E-state index in [-0.39, 0.29) is 0 Å². The van der Waals surface area contributed by atoms with Crippen molar-refractivity contribution in [3.8, 4) is 11.5 Å². The molecule has 6 heteroatoms. The van der Waals surface area contributed by atoms with Gasteiger partial charge in [0, 0.05) is 37.8 Å². The maximum Gasteiger partial charge on any atom is 0.191 e. The number of piperidine rings is 1. The van der Waals surface area contributed by atoms with Gasteiger partial charge in [-0.15, -0.1) is 0 Å². The van der Waals surface area contributed by atoms with Crippen LogP contribution in [0.15, 0.2) is 23.2 Å². The van der Waals surface area contributed by atoms with Crippen molar-refractivity contribution in [1.29, 1.82) is 0 Å². The Kier molecular flexibility index (Phi) is 9.25. The zero-order valence-electron chi connectivity index (χ0n) is 17.4. The van der Waals surface area contributed by atoms with Crippen LogP contribution in [0.3, 0.4) is 0 Å². The molecule has 2 N–H and O–H groups in total. The molecular weight excluding hydrogens is 340 g/mol. The van der Waals surface area contributed by atoms with Gasteiger partial charge in [0.05, 0.1) is 14.2 Å². The highest BCUT2D eigenvalue weighted by molar-refractivity contribution is 5.79. The van der Waals surface area contributed by atoms with E-state index in [9.17, 15) is 0 Å². The smallest absolute Gasteiger partial charge is 0.191 e. The second kappa shape index (κ2) is 11.7. The molecule has 0 radical (unpaired) electrons. The Morgan fingerprint density at radius 1 is 1.19 bits per heavy atom. The highest BCUT2D eigenvalue weighted by atomic mass is 16.5. The number of ether oxygens (including phenoxy) is 2. The third-order valence-electron chi connectivity index (χ3n) is 5.27. The van der Waals surface area contributed by atoms with Crippen molar-refractivity contribution in [2.45, 2.75) is 51.6 Å². The molecule has 1 unspecified atom stereocenters. The summed E-state index contributed by atoms with van der Waals surface area (Å²) < 4.78 is 10.7. The van der Waals surface area contributed by atoms with Crippen LogP contribution in [-0.2, 0) is 6.54 Å². The lowest BCUT2D eigenvalue weighted by atomic mass is 10.0. The lowest BCUT2D eigenvalue weighted by Gasteiger charge is -2.33. The predicted molar refractivity (Wildman–Crippen MR) is 112 cm³/mol. The SMILES string of the molecule is CN=C(NCCCCN1CCCCC1C)NCc1ccc(OC)cc1OC. The van der Waals surface area contributed by atoms with Crippen LogP contribution >= 0.6 is 0 Å². The zero-order valence-corrected chi connectivity index (χ0v) is 17.4. The zero-order chi connectivity index (χ0) is 19.5. The highest BCUT2D eigenvalue weighted by Crippen LogP contribution is 2.24. The van der Waals surface area contributed by atoms with E-state index in [0.29, 0.717) is 6.54 Å². The van der Waals surface area contributed by atoms with Crippen LogP contribution in [-0.4, -0.2) is 57.8 Å². The van der Waals surface area contributed by atoms with Gasteiger partial charge in [-0.1, -0.05) is 6.42 Å². The summed E-state index contributed by atoms with van der Waals surface area (Å²) in [7, 11) is 5.13. The largest absolute Gasteiger partial charge is 0.497 e. The van der Waals surface area contributed by atoms with Crippen molar-refractivity contribution in [2.24, 2.45) is 4.99 Å². The van der Waals surface area contributed by atoms with Crippen LogP contribution in [0.1, 0.15) is 44.6 Å². The maximum absolute atomic E-state index is 5.45. The van der Waals surface area contributed by atoms with Crippen LogP contribution in [0.5, 0.6) is 11.5 Å². The van der Waals surface area contributed by atoms with Crippen molar-refractivity contribution in [2.75, 3.05) is 40.9 Å². The van der Waals surface area contributed by atoms with E-state index in [2.05, 4.69) is 27.4 Å². The first kappa shape index (κ1) is 21.4. The summed E-state index contributed by atoms with van der Waals surface area (Å²) in [4.78, 5) is 6.94. The van der Waals surface area contributed by atoms with Gasteiger partial charge in [-0.05, 0) is 57.8 Å². The molecule has 1 aromatic rings. The fourth-order valence-electron chi connectivity index (χ4n) is 3.53. The predicted octanol–water partition coefficient (Wildman–Crippen LogP) is 3.02. The number of benzene rings is 1. The first-order valence-corrected chi connectivity index (χ1v) is 10.1. The number of aliphatic imine (C=N–C) groups is 1. The summed E-state index contributed by atoms with van der Waals surface area (Å²) in [5, 5.41) is 6.76. The Hall–Kier alpha value is -1.95. The Morgan fingerprint density at radius 3 is 2.74 bits per heavy atom. The van der Waals surface area contributed by atoms with Gasteiger partial charge < -0.3 is 25.0 Å². The number of methoxy groups -OCH3 is 2. The summed E-state index contributed by atoms with van der Waals surface area (Å²) in [6, 6.07) is 6.60. The molecule has 27 heavy (non-hydrogen) atoms. The van der Waals surface area contributed by atoms with Gasteiger partial charge in [-0.3, -0.25) is 4.99 Å². The molecule has 1 aliphatic rings. The van der Waals surface area contributed by atoms with Crippen LogP contribution in [0.25, 0.3) is 0 Å². The topological polar surface area (TPSA) is 58.1 Å². The lowest BCUT2D eigenvalue weighted by Crippen LogP contribution is -2.39. The number of nitrogens with zero attached hydrogens (tertiary/aromatic N) is 2. The number of rotatable bonds is 9. The molecule has 6 nitrogen and oxygen atoms in total. The first-order valence-electron chi connectivity index (χ1n) is 10.1. The van der Waals surface area contributed by atoms with Gasteiger partial charge >= 0.3 is 0 Å². The van der Waals surface area contributed by atoms with E-state index in [1.54, 1.807) is 21.3 Å². The number of hydrogen-bond acceptors (Lipinski definition) is 4. The fourth-order valence-corrected chi connectivity index (χ4v) is 3.53. The van der Waals surface area contributed by atoms with Crippen LogP contribution in [0.2, 0.25) is 0 Å². The number of guanidine groups is 1. The fraction of sp³-hybridized carbons (Fsp3) is 0.667. The van der Waals surface area contributed by atoms with E-state index < -0.39 is 0 Å². The van der Waals surface area contributed by atoms with E-state index in [4.69, 9.17) is 9.47 Å². The second-order valence-corrected chi connectivity index (χ2v) is 7.12. The molecular formula is C21H36N4O2. The molecule has 2 rings (SSSR count). The van der Waals surface area contributed by atoms with Crippen LogP contribution in [0, 0.1) is 0 Å². The molecule has 152 valence electrons. The molecule has 1 saturated heterocycles. The molecule has 0 amide bonds. The van der Waals surface area contributed by atoms with E-state index >= 15 is 0 Å². The van der Waals surface area contributed by atoms with Crippen molar-refractivity contribution < 1.29 is 9.47 Å². The van der Waals surface area contributed by atoms with Gasteiger partial charge in [0.15, 0.2) is 5.96 Å². The minimum atomic E-state index is 0.651. The van der Waals surface area contributed by atoms with Gasteiger partial charge in [0.1, 0.15) is 11.5 Å². The summed E-state index contributed by atoms with van der Waals surface area (Å²) in [6.45, 7) is 6.41. The molecule has 1 atom stereocenters. The summed E-state index contributed by atoms with van der Waals surface area (Å²) in [5.74, 6) is 2.42. The van der Waals surface area contributed by atoms with Gasteiger partial charge in [0.25, 0.3) is 0 Å². The molecule has 1 fully saturated rings. The molecule has 0 spiro atoms. The second-order valence-electron chi connectivity index (χ2n) is 7.12. The van der Waals surface area contributed by atoms with E-state index in [0.717, 1.165) is 42.0 Å². The maximum atomic E-state index is 5.45. The number of likely N-dealkylation sites (tertiary alicyclic amines) is 1. The number of nitrogens with one attached hydrogen (secondary N) is 2. The summed E-state index contributed by atoms with van der Waals surface area (Å²) in [6.07, 6.45) is 6.47. The molecule has 1 aromatic carbocycles. The highest BCUT2D eigenvalue weighted by Gasteiger charge is 2.17. The van der Waals surface area contributed by atoms with Crippen molar-refractivity contribution >= 4 is 5.96 Å². The number of hydrogen-bond donors (Lipinski definition) is 2. The average molecular weight is 377 g/mol. The lowest BCUT2D eigenvalue weighted by molar-refractivity contribution is 0.158. The third kappa shape index (κ3) is 6.94. The van der Waals surface area contributed by atoms with E-state index in [1.807, 2.05) is 18.2 Å². The van der Waals surface area contributed by atoms with Crippen molar-refractivity contribution in [1.82, 2.24) is 15.5 Å².